The molecule has 1 spiro atoms. The first-order valence-corrected chi connectivity index (χ1v) is 8.34. The summed E-state index contributed by atoms with van der Waals surface area (Å²) in [6.45, 7) is 9.69. The Kier molecular flexibility index (Phi) is 4.38. The zero-order valence-corrected chi connectivity index (χ0v) is 14.3. The van der Waals surface area contributed by atoms with Crippen molar-refractivity contribution in [2.45, 2.75) is 65.2 Å². The first-order valence-electron chi connectivity index (χ1n) is 7.53. The molecule has 0 aromatic heterocycles. The highest BCUT2D eigenvalue weighted by Gasteiger charge is 2.55. The SMILES string of the molecule is CC(=O)NC1=NN(C(C)=O)[C@]2(CCCC[C@@H]2C(C)(C)C)S1. The Morgan fingerprint density at radius 1 is 1.33 bits per heavy atom. The number of amidine groups is 1. The molecule has 118 valence electrons. The molecule has 2 atom stereocenters. The Bertz CT molecular complexity index is 484. The van der Waals surface area contributed by atoms with E-state index >= 15 is 0 Å². The van der Waals surface area contributed by atoms with Gasteiger partial charge in [0.25, 0.3) is 0 Å². The number of hydrogen-bond acceptors (Lipinski definition) is 4. The van der Waals surface area contributed by atoms with Gasteiger partial charge in [-0.3, -0.25) is 9.59 Å². The monoisotopic (exact) mass is 311 g/mol. The normalized spacial score (nSPS) is 29.5. The molecule has 5 nitrogen and oxygen atoms in total. The quantitative estimate of drug-likeness (QED) is 0.748. The first kappa shape index (κ1) is 16.3. The van der Waals surface area contributed by atoms with E-state index in [1.54, 1.807) is 23.7 Å². The molecule has 0 unspecified atom stereocenters. The lowest BCUT2D eigenvalue weighted by Crippen LogP contribution is -2.54. The van der Waals surface area contributed by atoms with Gasteiger partial charge in [-0.05, 0) is 24.2 Å². The van der Waals surface area contributed by atoms with Gasteiger partial charge in [-0.25, -0.2) is 5.01 Å². The molecule has 1 N–H and O–H groups in total. The molecule has 2 aliphatic rings. The highest BCUT2D eigenvalue weighted by Crippen LogP contribution is 2.55. The minimum absolute atomic E-state index is 0.0565. The van der Waals surface area contributed by atoms with E-state index in [-0.39, 0.29) is 22.1 Å². The van der Waals surface area contributed by atoms with Gasteiger partial charge in [0.05, 0.1) is 0 Å². The molecular formula is C15H25N3O2S. The number of hydrazone groups is 1. The third-order valence-corrected chi connectivity index (χ3v) is 5.66. The Hall–Kier alpha value is -1.04. The summed E-state index contributed by atoms with van der Waals surface area (Å²) < 4.78 is 0. The zero-order chi connectivity index (χ0) is 15.8. The molecule has 2 amide bonds. The minimum atomic E-state index is -0.347. The van der Waals surface area contributed by atoms with Crippen molar-refractivity contribution < 1.29 is 9.59 Å². The van der Waals surface area contributed by atoms with Crippen LogP contribution < -0.4 is 5.32 Å². The standard InChI is InChI=1S/C15H25N3O2S/c1-10(19)16-13-17-18(11(2)20)15(21-13)9-7-6-8-12(15)14(3,4)5/h12H,6-9H2,1-5H3,(H,16,17,19)/t12-,15-/m1/s1. The van der Waals surface area contributed by atoms with Crippen LogP contribution in [0.5, 0.6) is 0 Å². The van der Waals surface area contributed by atoms with Gasteiger partial charge in [-0.2, -0.15) is 0 Å². The summed E-state index contributed by atoms with van der Waals surface area (Å²) in [5.41, 5.74) is 0.0856. The van der Waals surface area contributed by atoms with Crippen molar-refractivity contribution in [3.8, 4) is 0 Å². The number of amides is 2. The minimum Gasteiger partial charge on any atom is -0.304 e. The molecule has 21 heavy (non-hydrogen) atoms. The van der Waals surface area contributed by atoms with Crippen molar-refractivity contribution in [2.24, 2.45) is 16.4 Å². The van der Waals surface area contributed by atoms with Crippen molar-refractivity contribution in [3.63, 3.8) is 0 Å². The van der Waals surface area contributed by atoms with Gasteiger partial charge >= 0.3 is 0 Å². The number of nitrogens with one attached hydrogen (secondary N) is 1. The lowest BCUT2D eigenvalue weighted by atomic mass is 9.69. The van der Waals surface area contributed by atoms with Gasteiger partial charge in [0.15, 0.2) is 5.17 Å². The Labute approximate surface area is 130 Å². The fraction of sp³-hybridized carbons (Fsp3) is 0.800. The largest absolute Gasteiger partial charge is 0.304 e. The molecule has 0 aromatic carbocycles. The van der Waals surface area contributed by atoms with Crippen LogP contribution in [0, 0.1) is 11.3 Å². The fourth-order valence-electron chi connectivity index (χ4n) is 3.56. The number of carbonyl (C=O) groups is 2. The average molecular weight is 311 g/mol. The van der Waals surface area contributed by atoms with E-state index in [1.807, 2.05) is 0 Å². The van der Waals surface area contributed by atoms with Crippen LogP contribution in [0.25, 0.3) is 0 Å². The van der Waals surface area contributed by atoms with Crippen LogP contribution >= 0.6 is 11.8 Å². The summed E-state index contributed by atoms with van der Waals surface area (Å²) in [4.78, 5) is 23.1. The lowest BCUT2D eigenvalue weighted by molar-refractivity contribution is -0.136. The average Bonchev–Trinajstić information content (AvgIpc) is 2.66. The second-order valence-electron chi connectivity index (χ2n) is 7.03. The van der Waals surface area contributed by atoms with Crippen LogP contribution in [0.15, 0.2) is 5.10 Å². The second-order valence-corrected chi connectivity index (χ2v) is 8.33. The Morgan fingerprint density at radius 2 is 2.00 bits per heavy atom. The summed E-state index contributed by atoms with van der Waals surface area (Å²) in [5, 5.41) is 9.32. The van der Waals surface area contributed by atoms with Gasteiger partial charge in [0.2, 0.25) is 11.8 Å². The molecule has 2 rings (SSSR count). The molecule has 0 saturated heterocycles. The highest BCUT2D eigenvalue weighted by molar-refractivity contribution is 8.15. The molecule has 1 fully saturated rings. The predicted molar refractivity (Wildman–Crippen MR) is 85.5 cm³/mol. The lowest BCUT2D eigenvalue weighted by Gasteiger charge is -2.49. The molecule has 1 aliphatic carbocycles. The topological polar surface area (TPSA) is 61.8 Å². The molecule has 6 heteroatoms. The molecule has 0 radical (unpaired) electrons. The molecule has 0 aromatic rings. The second kappa shape index (κ2) is 5.63. The van der Waals surface area contributed by atoms with E-state index < -0.39 is 0 Å². The number of thioether (sulfide) groups is 1. The number of carbonyl (C=O) groups excluding carboxylic acids is 2. The molecule has 0 bridgehead atoms. The van der Waals surface area contributed by atoms with E-state index in [0.717, 1.165) is 19.3 Å². The van der Waals surface area contributed by atoms with Gasteiger partial charge in [0.1, 0.15) is 4.87 Å². The van der Waals surface area contributed by atoms with E-state index in [1.165, 1.54) is 13.3 Å². The van der Waals surface area contributed by atoms with Crippen LogP contribution in [0.1, 0.15) is 60.3 Å². The van der Waals surface area contributed by atoms with Crippen LogP contribution in [0.3, 0.4) is 0 Å². The summed E-state index contributed by atoms with van der Waals surface area (Å²) in [6.07, 6.45) is 4.28. The first-order chi connectivity index (χ1) is 9.67. The number of nitrogens with zero attached hydrogens (tertiary/aromatic N) is 2. The maximum Gasteiger partial charge on any atom is 0.240 e. The van der Waals surface area contributed by atoms with Crippen molar-refractivity contribution in [1.29, 1.82) is 0 Å². The van der Waals surface area contributed by atoms with Crippen LogP contribution in [0.4, 0.5) is 0 Å². The Morgan fingerprint density at radius 3 is 2.52 bits per heavy atom. The van der Waals surface area contributed by atoms with Gasteiger partial charge in [-0.15, -0.1) is 5.10 Å². The van der Waals surface area contributed by atoms with Crippen molar-refractivity contribution in [2.75, 3.05) is 0 Å². The van der Waals surface area contributed by atoms with Gasteiger partial charge < -0.3 is 5.32 Å². The third kappa shape index (κ3) is 3.10. The smallest absolute Gasteiger partial charge is 0.240 e. The van der Waals surface area contributed by atoms with Crippen LogP contribution in [0.2, 0.25) is 0 Å². The van der Waals surface area contributed by atoms with E-state index in [4.69, 9.17) is 0 Å². The van der Waals surface area contributed by atoms with Gasteiger partial charge in [-0.1, -0.05) is 45.4 Å². The van der Waals surface area contributed by atoms with Crippen LogP contribution in [-0.4, -0.2) is 26.9 Å². The molecular weight excluding hydrogens is 286 g/mol. The Balaban J connectivity index is 2.38. The van der Waals surface area contributed by atoms with E-state index in [0.29, 0.717) is 11.1 Å². The van der Waals surface area contributed by atoms with Crippen LogP contribution in [-0.2, 0) is 9.59 Å². The number of hydrogen-bond donors (Lipinski definition) is 1. The van der Waals surface area contributed by atoms with Crippen molar-refractivity contribution in [3.05, 3.63) is 0 Å². The van der Waals surface area contributed by atoms with Crippen molar-refractivity contribution >= 4 is 28.7 Å². The zero-order valence-electron chi connectivity index (χ0n) is 13.5. The van der Waals surface area contributed by atoms with Crippen molar-refractivity contribution in [1.82, 2.24) is 10.3 Å². The summed E-state index contributed by atoms with van der Waals surface area (Å²) in [7, 11) is 0. The third-order valence-electron chi connectivity index (χ3n) is 4.27. The summed E-state index contributed by atoms with van der Waals surface area (Å²) in [5.74, 6) is 0.145. The van der Waals surface area contributed by atoms with E-state index in [9.17, 15) is 9.59 Å². The highest BCUT2D eigenvalue weighted by atomic mass is 32.2. The number of rotatable bonds is 0. The fourth-order valence-corrected chi connectivity index (χ4v) is 5.32. The maximum absolute atomic E-state index is 12.1. The molecule has 1 saturated carbocycles. The van der Waals surface area contributed by atoms with Gasteiger partial charge in [0, 0.05) is 13.8 Å². The summed E-state index contributed by atoms with van der Waals surface area (Å²) >= 11 is 1.56. The predicted octanol–water partition coefficient (Wildman–Crippen LogP) is 2.92. The summed E-state index contributed by atoms with van der Waals surface area (Å²) in [6, 6.07) is 0. The molecule has 1 heterocycles. The maximum atomic E-state index is 12.1. The van der Waals surface area contributed by atoms with E-state index in [2.05, 4.69) is 31.2 Å². The molecule has 1 aliphatic heterocycles.